The SMILES string of the molecule is CON(C)C(=O)CSc1cc(C(F)(F)F)cc(C(F)(F)F)c1. The maximum Gasteiger partial charge on any atom is 0.416 e. The van der Waals surface area contributed by atoms with Gasteiger partial charge in [0.25, 0.3) is 5.91 Å². The zero-order valence-corrected chi connectivity index (χ0v) is 12.2. The highest BCUT2D eigenvalue weighted by molar-refractivity contribution is 8.00. The Bertz CT molecular complexity index is 511. The van der Waals surface area contributed by atoms with Crippen LogP contribution in [-0.4, -0.2) is 30.9 Å². The van der Waals surface area contributed by atoms with Gasteiger partial charge in [0.15, 0.2) is 0 Å². The Morgan fingerprint density at radius 1 is 1.09 bits per heavy atom. The Hall–Kier alpha value is -1.42. The molecule has 0 bridgehead atoms. The number of carbonyl (C=O) groups is 1. The highest BCUT2D eigenvalue weighted by Crippen LogP contribution is 2.38. The van der Waals surface area contributed by atoms with E-state index in [-0.39, 0.29) is 16.7 Å². The number of hydrogen-bond donors (Lipinski definition) is 0. The van der Waals surface area contributed by atoms with Crippen molar-refractivity contribution in [2.24, 2.45) is 0 Å². The van der Waals surface area contributed by atoms with Gasteiger partial charge in [0.2, 0.25) is 0 Å². The number of benzene rings is 1. The van der Waals surface area contributed by atoms with Crippen LogP contribution < -0.4 is 0 Å². The predicted molar refractivity (Wildman–Crippen MR) is 66.9 cm³/mol. The molecule has 0 atom stereocenters. The molecule has 1 rings (SSSR count). The van der Waals surface area contributed by atoms with Gasteiger partial charge in [0.05, 0.1) is 24.0 Å². The molecule has 0 saturated heterocycles. The first-order chi connectivity index (χ1) is 9.95. The second-order valence-corrected chi connectivity index (χ2v) is 5.15. The van der Waals surface area contributed by atoms with Gasteiger partial charge in [-0.1, -0.05) is 0 Å². The van der Waals surface area contributed by atoms with E-state index in [4.69, 9.17) is 0 Å². The van der Waals surface area contributed by atoms with Crippen LogP contribution >= 0.6 is 11.8 Å². The second kappa shape index (κ2) is 6.78. The van der Waals surface area contributed by atoms with Crippen LogP contribution in [0.5, 0.6) is 0 Å². The van der Waals surface area contributed by atoms with E-state index >= 15 is 0 Å². The van der Waals surface area contributed by atoms with E-state index in [1.54, 1.807) is 0 Å². The van der Waals surface area contributed by atoms with Crippen LogP contribution in [0.4, 0.5) is 26.3 Å². The molecule has 0 unspecified atom stereocenters. The average Bonchev–Trinajstić information content (AvgIpc) is 2.41. The topological polar surface area (TPSA) is 29.5 Å². The number of carbonyl (C=O) groups excluding carboxylic acids is 1. The van der Waals surface area contributed by atoms with E-state index in [1.807, 2.05) is 0 Å². The van der Waals surface area contributed by atoms with Crippen LogP contribution in [0, 0.1) is 0 Å². The Kier molecular flexibility index (Phi) is 5.74. The Labute approximate surface area is 126 Å². The van der Waals surface area contributed by atoms with Gasteiger partial charge in [-0.3, -0.25) is 9.63 Å². The van der Waals surface area contributed by atoms with Crippen molar-refractivity contribution in [1.29, 1.82) is 0 Å². The number of rotatable bonds is 4. The van der Waals surface area contributed by atoms with E-state index in [9.17, 15) is 31.1 Å². The van der Waals surface area contributed by atoms with Crippen molar-refractivity contribution in [3.63, 3.8) is 0 Å². The monoisotopic (exact) mass is 347 g/mol. The zero-order chi connectivity index (χ0) is 17.1. The Balaban J connectivity index is 3.06. The van der Waals surface area contributed by atoms with Gasteiger partial charge in [0, 0.05) is 11.9 Å². The molecule has 1 amide bonds. The summed E-state index contributed by atoms with van der Waals surface area (Å²) in [7, 11) is 2.48. The lowest BCUT2D eigenvalue weighted by atomic mass is 10.1. The van der Waals surface area contributed by atoms with Gasteiger partial charge < -0.3 is 0 Å². The smallest absolute Gasteiger partial charge is 0.275 e. The minimum atomic E-state index is -4.91. The molecule has 3 nitrogen and oxygen atoms in total. The summed E-state index contributed by atoms with van der Waals surface area (Å²) in [4.78, 5) is 15.7. The van der Waals surface area contributed by atoms with Crippen LogP contribution in [0.3, 0.4) is 0 Å². The molecule has 0 N–H and O–H groups in total. The third kappa shape index (κ3) is 5.09. The highest BCUT2D eigenvalue weighted by Gasteiger charge is 2.37. The minimum Gasteiger partial charge on any atom is -0.275 e. The van der Waals surface area contributed by atoms with Gasteiger partial charge in [-0.2, -0.15) is 26.3 Å². The number of nitrogens with zero attached hydrogens (tertiary/aromatic N) is 1. The van der Waals surface area contributed by atoms with Gasteiger partial charge in [-0.25, -0.2) is 5.06 Å². The molecular formula is C12H11F6NO2S. The molecule has 22 heavy (non-hydrogen) atoms. The number of alkyl halides is 6. The standard InChI is InChI=1S/C12H11F6NO2S/c1-19(21-2)10(20)6-22-9-4-7(11(13,14)15)3-8(5-9)12(16,17)18/h3-5H,6H2,1-2H3. The van der Waals surface area contributed by atoms with Crippen molar-refractivity contribution < 1.29 is 36.0 Å². The molecule has 0 fully saturated rings. The number of thioether (sulfide) groups is 1. The lowest BCUT2D eigenvalue weighted by Gasteiger charge is -2.15. The quantitative estimate of drug-likeness (QED) is 0.471. The molecule has 0 aliphatic rings. The van der Waals surface area contributed by atoms with Crippen LogP contribution in [0.1, 0.15) is 11.1 Å². The first kappa shape index (κ1) is 18.6. The molecule has 124 valence electrons. The summed E-state index contributed by atoms with van der Waals surface area (Å²) in [6, 6.07) is 1.17. The van der Waals surface area contributed by atoms with Crippen molar-refractivity contribution in [3.05, 3.63) is 29.3 Å². The van der Waals surface area contributed by atoms with Crippen molar-refractivity contribution >= 4 is 17.7 Å². The molecule has 10 heteroatoms. The summed E-state index contributed by atoms with van der Waals surface area (Å²) in [5.74, 6) is -0.957. The molecule has 0 spiro atoms. The van der Waals surface area contributed by atoms with E-state index in [0.717, 1.165) is 5.06 Å². The largest absolute Gasteiger partial charge is 0.416 e. The van der Waals surface area contributed by atoms with Gasteiger partial charge in [0.1, 0.15) is 0 Å². The highest BCUT2D eigenvalue weighted by atomic mass is 32.2. The molecule has 1 aromatic carbocycles. The molecule has 0 aromatic heterocycles. The average molecular weight is 347 g/mol. The molecule has 0 radical (unpaired) electrons. The molecule has 0 aliphatic heterocycles. The van der Waals surface area contributed by atoms with E-state index in [1.165, 1.54) is 14.2 Å². The summed E-state index contributed by atoms with van der Waals surface area (Å²) < 4.78 is 75.9. The van der Waals surface area contributed by atoms with Crippen LogP contribution in [0.15, 0.2) is 23.1 Å². The summed E-state index contributed by atoms with van der Waals surface area (Å²) >= 11 is 0.562. The van der Waals surface area contributed by atoms with Gasteiger partial charge in [-0.15, -0.1) is 11.8 Å². The summed E-state index contributed by atoms with van der Waals surface area (Å²) in [6.07, 6.45) is -9.83. The molecule has 0 aliphatic carbocycles. The van der Waals surface area contributed by atoms with Crippen molar-refractivity contribution in [3.8, 4) is 0 Å². The van der Waals surface area contributed by atoms with E-state index in [0.29, 0.717) is 23.9 Å². The van der Waals surface area contributed by atoms with Gasteiger partial charge in [-0.05, 0) is 18.2 Å². The normalized spacial score (nSPS) is 12.4. The number of amides is 1. The Morgan fingerprint density at radius 3 is 1.91 bits per heavy atom. The Morgan fingerprint density at radius 2 is 1.55 bits per heavy atom. The first-order valence-corrected chi connectivity index (χ1v) is 6.66. The molecule has 0 saturated carbocycles. The van der Waals surface area contributed by atoms with Crippen LogP contribution in [0.2, 0.25) is 0 Å². The predicted octanol–water partition coefficient (Wildman–Crippen LogP) is 3.84. The lowest BCUT2D eigenvalue weighted by molar-refractivity contribution is -0.165. The minimum absolute atomic E-state index is 0.0349. The fourth-order valence-corrected chi connectivity index (χ4v) is 2.24. The summed E-state index contributed by atoms with van der Waals surface area (Å²) in [5.41, 5.74) is -2.84. The number of halogens is 6. The second-order valence-electron chi connectivity index (χ2n) is 4.10. The molecule has 0 heterocycles. The fraction of sp³-hybridized carbons (Fsp3) is 0.417. The van der Waals surface area contributed by atoms with Crippen molar-refractivity contribution in [2.45, 2.75) is 17.2 Å². The summed E-state index contributed by atoms with van der Waals surface area (Å²) in [6.45, 7) is 0. The number of hydroxylamine groups is 2. The lowest BCUT2D eigenvalue weighted by Crippen LogP contribution is -2.27. The maximum atomic E-state index is 12.6. The maximum absolute atomic E-state index is 12.6. The zero-order valence-electron chi connectivity index (χ0n) is 11.4. The molecular weight excluding hydrogens is 336 g/mol. The van der Waals surface area contributed by atoms with Gasteiger partial charge >= 0.3 is 12.4 Å². The summed E-state index contributed by atoms with van der Waals surface area (Å²) in [5, 5.41) is 0.825. The third-order valence-corrected chi connectivity index (χ3v) is 3.51. The molecule has 1 aromatic rings. The van der Waals surface area contributed by atoms with Crippen molar-refractivity contribution in [1.82, 2.24) is 5.06 Å². The van der Waals surface area contributed by atoms with E-state index in [2.05, 4.69) is 4.84 Å². The third-order valence-electron chi connectivity index (χ3n) is 2.55. The van der Waals surface area contributed by atoms with Crippen LogP contribution in [0.25, 0.3) is 0 Å². The van der Waals surface area contributed by atoms with Crippen molar-refractivity contribution in [2.75, 3.05) is 19.9 Å². The number of hydrogen-bond acceptors (Lipinski definition) is 3. The van der Waals surface area contributed by atoms with E-state index < -0.39 is 29.4 Å². The first-order valence-electron chi connectivity index (χ1n) is 5.68. The van der Waals surface area contributed by atoms with Crippen LogP contribution in [-0.2, 0) is 22.0 Å². The fourth-order valence-electron chi connectivity index (χ4n) is 1.35.